The lowest BCUT2D eigenvalue weighted by Gasteiger charge is -2.23. The maximum Gasteiger partial charge on any atom is 0.123 e. The van der Waals surface area contributed by atoms with Crippen LogP contribution >= 0.6 is 0 Å². The van der Waals surface area contributed by atoms with Gasteiger partial charge in [-0.3, -0.25) is 0 Å². The molecule has 1 unspecified atom stereocenters. The number of nitrogens with zero attached hydrogens (tertiary/aromatic N) is 4. The summed E-state index contributed by atoms with van der Waals surface area (Å²) in [5.41, 5.74) is 9.04. The molecule has 1 atom stereocenters. The van der Waals surface area contributed by atoms with Crippen LogP contribution in [0.25, 0.3) is 0 Å². The smallest absolute Gasteiger partial charge is 0.123 e. The third kappa shape index (κ3) is 2.59. The van der Waals surface area contributed by atoms with E-state index < -0.39 is 0 Å². The van der Waals surface area contributed by atoms with E-state index in [4.69, 9.17) is 5.73 Å². The summed E-state index contributed by atoms with van der Waals surface area (Å²) in [5, 5.41) is 8.46. The van der Waals surface area contributed by atoms with E-state index in [9.17, 15) is 0 Å². The molecule has 3 rings (SSSR count). The Morgan fingerprint density at radius 2 is 1.95 bits per heavy atom. The molecule has 2 heterocycles. The standard InChI is InChI=1S/C16H19N5/c1-11(2)21-10-18-9-14(21)16-13(8-15(17)19-20-16)12-6-4-3-5-7-12/h3-7,9-11,13H,8H2,1-2H3,(H2,17,19). The quantitative estimate of drug-likeness (QED) is 0.939. The molecule has 5 nitrogen and oxygen atoms in total. The van der Waals surface area contributed by atoms with Crippen LogP contribution in [-0.2, 0) is 0 Å². The molecule has 108 valence electrons. The molecule has 0 saturated carbocycles. The van der Waals surface area contributed by atoms with Gasteiger partial charge in [-0.25, -0.2) is 4.98 Å². The first-order valence-electron chi connectivity index (χ1n) is 7.14. The van der Waals surface area contributed by atoms with Crippen molar-refractivity contribution in [2.45, 2.75) is 32.2 Å². The molecule has 0 spiro atoms. The third-order valence-electron chi connectivity index (χ3n) is 3.72. The predicted octanol–water partition coefficient (Wildman–Crippen LogP) is 2.71. The van der Waals surface area contributed by atoms with Crippen LogP contribution in [0.15, 0.2) is 53.1 Å². The minimum absolute atomic E-state index is 0.123. The number of hydrogen-bond donors (Lipinski definition) is 1. The molecule has 0 aliphatic carbocycles. The summed E-state index contributed by atoms with van der Waals surface area (Å²) in [4.78, 5) is 4.27. The van der Waals surface area contributed by atoms with Crippen LogP contribution in [0.5, 0.6) is 0 Å². The maximum absolute atomic E-state index is 5.90. The Morgan fingerprint density at radius 3 is 2.67 bits per heavy atom. The van der Waals surface area contributed by atoms with Crippen LogP contribution in [0.3, 0.4) is 0 Å². The second kappa shape index (κ2) is 5.52. The zero-order valence-electron chi connectivity index (χ0n) is 12.3. The topological polar surface area (TPSA) is 68.6 Å². The molecule has 1 aromatic heterocycles. The van der Waals surface area contributed by atoms with E-state index in [0.29, 0.717) is 18.3 Å². The number of hydrogen-bond acceptors (Lipinski definition) is 4. The molecule has 0 saturated heterocycles. The summed E-state index contributed by atoms with van der Waals surface area (Å²) < 4.78 is 2.12. The van der Waals surface area contributed by atoms with Crippen molar-refractivity contribution in [1.82, 2.24) is 9.55 Å². The molecule has 5 heteroatoms. The van der Waals surface area contributed by atoms with E-state index in [2.05, 4.69) is 45.7 Å². The van der Waals surface area contributed by atoms with Gasteiger partial charge in [0, 0.05) is 18.4 Å². The van der Waals surface area contributed by atoms with Crippen molar-refractivity contribution >= 4 is 11.5 Å². The van der Waals surface area contributed by atoms with Crippen molar-refractivity contribution in [2.75, 3.05) is 0 Å². The van der Waals surface area contributed by atoms with Crippen LogP contribution in [0.2, 0.25) is 0 Å². The summed E-state index contributed by atoms with van der Waals surface area (Å²) in [6, 6.07) is 10.6. The molecular formula is C16H19N5. The minimum Gasteiger partial charge on any atom is -0.386 e. The van der Waals surface area contributed by atoms with Crippen LogP contribution in [0.1, 0.15) is 43.5 Å². The van der Waals surface area contributed by atoms with Gasteiger partial charge in [-0.2, -0.15) is 5.10 Å². The molecular weight excluding hydrogens is 262 g/mol. The van der Waals surface area contributed by atoms with Crippen molar-refractivity contribution < 1.29 is 0 Å². The molecule has 1 aliphatic rings. The summed E-state index contributed by atoms with van der Waals surface area (Å²) in [6.07, 6.45) is 4.38. The largest absolute Gasteiger partial charge is 0.386 e. The van der Waals surface area contributed by atoms with Gasteiger partial charge in [0.2, 0.25) is 0 Å². The number of rotatable bonds is 3. The Hall–Kier alpha value is -2.43. The van der Waals surface area contributed by atoms with Gasteiger partial charge in [0.25, 0.3) is 0 Å². The molecule has 2 N–H and O–H groups in total. The Balaban J connectivity index is 2.07. The lowest BCUT2D eigenvalue weighted by molar-refractivity contribution is 0.593. The first kappa shape index (κ1) is 13.5. The molecule has 0 amide bonds. The average molecular weight is 281 g/mol. The summed E-state index contributed by atoms with van der Waals surface area (Å²) in [5.74, 6) is 0.695. The first-order valence-corrected chi connectivity index (χ1v) is 7.14. The van der Waals surface area contributed by atoms with E-state index in [1.807, 2.05) is 30.7 Å². The molecule has 1 aliphatic heterocycles. The number of amidine groups is 1. The average Bonchev–Trinajstić information content (AvgIpc) is 2.97. The van der Waals surface area contributed by atoms with E-state index in [-0.39, 0.29) is 5.92 Å². The van der Waals surface area contributed by atoms with E-state index in [1.54, 1.807) is 0 Å². The van der Waals surface area contributed by atoms with Crippen LogP contribution in [0, 0.1) is 0 Å². The Labute approximate surface area is 124 Å². The minimum atomic E-state index is 0.123. The number of nitrogens with two attached hydrogens (primary N) is 1. The number of aromatic nitrogens is 2. The van der Waals surface area contributed by atoms with Crippen molar-refractivity contribution in [3.8, 4) is 0 Å². The highest BCUT2D eigenvalue weighted by Crippen LogP contribution is 2.28. The monoisotopic (exact) mass is 281 g/mol. The summed E-state index contributed by atoms with van der Waals surface area (Å²) >= 11 is 0. The van der Waals surface area contributed by atoms with Gasteiger partial charge in [0.1, 0.15) is 5.84 Å². The molecule has 0 fully saturated rings. The van der Waals surface area contributed by atoms with Crippen LogP contribution < -0.4 is 5.73 Å². The molecule has 21 heavy (non-hydrogen) atoms. The highest BCUT2D eigenvalue weighted by Gasteiger charge is 2.27. The van der Waals surface area contributed by atoms with Gasteiger partial charge >= 0.3 is 0 Å². The maximum atomic E-state index is 5.90. The van der Waals surface area contributed by atoms with Gasteiger partial charge in [-0.05, 0) is 19.4 Å². The fourth-order valence-electron chi connectivity index (χ4n) is 2.64. The highest BCUT2D eigenvalue weighted by molar-refractivity contribution is 6.07. The Kier molecular flexibility index (Phi) is 3.56. The molecule has 0 radical (unpaired) electrons. The molecule has 0 bridgehead atoms. The fourth-order valence-corrected chi connectivity index (χ4v) is 2.64. The lowest BCUT2D eigenvalue weighted by Crippen LogP contribution is -2.27. The van der Waals surface area contributed by atoms with E-state index in [0.717, 1.165) is 11.4 Å². The number of benzene rings is 1. The van der Waals surface area contributed by atoms with Crippen LogP contribution in [0.4, 0.5) is 0 Å². The lowest BCUT2D eigenvalue weighted by atomic mass is 9.88. The highest BCUT2D eigenvalue weighted by atomic mass is 15.3. The van der Waals surface area contributed by atoms with Crippen molar-refractivity contribution in [2.24, 2.45) is 15.9 Å². The van der Waals surface area contributed by atoms with Gasteiger partial charge in [0.05, 0.1) is 23.9 Å². The van der Waals surface area contributed by atoms with E-state index in [1.165, 1.54) is 5.56 Å². The molecule has 2 aromatic rings. The van der Waals surface area contributed by atoms with Crippen LogP contribution in [-0.4, -0.2) is 21.1 Å². The van der Waals surface area contributed by atoms with Gasteiger partial charge in [-0.15, -0.1) is 5.10 Å². The molecule has 1 aromatic carbocycles. The Morgan fingerprint density at radius 1 is 1.19 bits per heavy atom. The summed E-state index contributed by atoms with van der Waals surface area (Å²) in [6.45, 7) is 4.26. The second-order valence-electron chi connectivity index (χ2n) is 5.52. The van der Waals surface area contributed by atoms with Gasteiger partial charge in [0.15, 0.2) is 0 Å². The second-order valence-corrected chi connectivity index (χ2v) is 5.52. The van der Waals surface area contributed by atoms with Crippen molar-refractivity contribution in [3.05, 3.63) is 54.1 Å². The number of imidazole rings is 1. The van der Waals surface area contributed by atoms with Gasteiger partial charge in [-0.1, -0.05) is 30.3 Å². The van der Waals surface area contributed by atoms with E-state index >= 15 is 0 Å². The third-order valence-corrected chi connectivity index (χ3v) is 3.72. The zero-order valence-corrected chi connectivity index (χ0v) is 12.3. The Bertz CT molecular complexity index is 682. The first-order chi connectivity index (χ1) is 10.2. The summed E-state index contributed by atoms with van der Waals surface area (Å²) in [7, 11) is 0. The zero-order chi connectivity index (χ0) is 14.8. The van der Waals surface area contributed by atoms with Gasteiger partial charge < -0.3 is 10.3 Å². The van der Waals surface area contributed by atoms with Crippen molar-refractivity contribution in [3.63, 3.8) is 0 Å². The fraction of sp³-hybridized carbons (Fsp3) is 0.312. The van der Waals surface area contributed by atoms with Crippen molar-refractivity contribution in [1.29, 1.82) is 0 Å². The predicted molar refractivity (Wildman–Crippen MR) is 84.6 cm³/mol. The SMILES string of the molecule is CC(C)n1cncc1C1=NN=C(N)CC1c1ccccc1. The normalized spacial score (nSPS) is 18.5.